The molecular formula is C14H20FNO. The maximum atomic E-state index is 13.4. The number of carbonyl (C=O) groups is 1. The number of benzene rings is 1. The number of rotatable bonds is 4. The van der Waals surface area contributed by atoms with Gasteiger partial charge in [-0.15, -0.1) is 0 Å². The molecule has 0 aliphatic heterocycles. The van der Waals surface area contributed by atoms with E-state index >= 15 is 0 Å². The molecule has 1 atom stereocenters. The lowest BCUT2D eigenvalue weighted by molar-refractivity contribution is 0.0941. The van der Waals surface area contributed by atoms with E-state index in [0.717, 1.165) is 5.56 Å². The molecule has 2 nitrogen and oxygen atoms in total. The Morgan fingerprint density at radius 1 is 1.35 bits per heavy atom. The maximum Gasteiger partial charge on any atom is 0.254 e. The number of hydrogen-bond donors (Lipinski definition) is 1. The Bertz CT molecular complexity index is 401. The fourth-order valence-corrected chi connectivity index (χ4v) is 1.40. The van der Waals surface area contributed by atoms with Gasteiger partial charge in [-0.1, -0.05) is 32.4 Å². The minimum atomic E-state index is -0.467. The van der Waals surface area contributed by atoms with E-state index in [1.165, 1.54) is 6.07 Å². The van der Waals surface area contributed by atoms with Crippen molar-refractivity contribution in [2.24, 2.45) is 11.8 Å². The van der Waals surface area contributed by atoms with Gasteiger partial charge in [-0.05, 0) is 30.9 Å². The standard InChI is InChI=1S/C14H20FNO/c1-9(2)11(4)8-16-14(17)12-7-10(3)5-6-13(12)15/h5-7,9,11H,8H2,1-4H3,(H,16,17). The molecule has 0 spiro atoms. The van der Waals surface area contributed by atoms with Gasteiger partial charge in [-0.3, -0.25) is 4.79 Å². The van der Waals surface area contributed by atoms with Gasteiger partial charge in [0.05, 0.1) is 5.56 Å². The van der Waals surface area contributed by atoms with Crippen molar-refractivity contribution >= 4 is 5.91 Å². The maximum absolute atomic E-state index is 13.4. The molecular weight excluding hydrogens is 217 g/mol. The minimum Gasteiger partial charge on any atom is -0.352 e. The second-order valence-corrected chi connectivity index (χ2v) is 4.91. The summed E-state index contributed by atoms with van der Waals surface area (Å²) in [4.78, 5) is 11.8. The number of nitrogens with one attached hydrogen (secondary N) is 1. The van der Waals surface area contributed by atoms with E-state index in [1.807, 2.05) is 6.92 Å². The van der Waals surface area contributed by atoms with Crippen molar-refractivity contribution < 1.29 is 9.18 Å². The fourth-order valence-electron chi connectivity index (χ4n) is 1.40. The van der Waals surface area contributed by atoms with Gasteiger partial charge in [0.1, 0.15) is 5.82 Å². The molecule has 0 aromatic heterocycles. The average molecular weight is 237 g/mol. The van der Waals surface area contributed by atoms with Crippen LogP contribution >= 0.6 is 0 Å². The number of aryl methyl sites for hydroxylation is 1. The third-order valence-corrected chi connectivity index (χ3v) is 3.09. The summed E-state index contributed by atoms with van der Waals surface area (Å²) in [6, 6.07) is 4.56. The normalized spacial score (nSPS) is 12.6. The zero-order chi connectivity index (χ0) is 13.0. The SMILES string of the molecule is Cc1ccc(F)c(C(=O)NCC(C)C(C)C)c1. The molecule has 0 aliphatic rings. The second-order valence-electron chi connectivity index (χ2n) is 4.91. The summed E-state index contributed by atoms with van der Waals surface area (Å²) < 4.78 is 13.4. The molecule has 0 bridgehead atoms. The predicted octanol–water partition coefficient (Wildman–Crippen LogP) is 3.16. The molecule has 3 heteroatoms. The number of hydrogen-bond acceptors (Lipinski definition) is 1. The Labute approximate surface area is 102 Å². The quantitative estimate of drug-likeness (QED) is 0.856. The first-order chi connectivity index (χ1) is 7.91. The summed E-state index contributed by atoms with van der Waals surface area (Å²) >= 11 is 0. The topological polar surface area (TPSA) is 29.1 Å². The van der Waals surface area contributed by atoms with Crippen LogP contribution in [0.1, 0.15) is 36.7 Å². The van der Waals surface area contributed by atoms with Crippen LogP contribution in [0.15, 0.2) is 18.2 Å². The van der Waals surface area contributed by atoms with Crippen LogP contribution in [0.3, 0.4) is 0 Å². The van der Waals surface area contributed by atoms with Crippen LogP contribution in [0.5, 0.6) is 0 Å². The highest BCUT2D eigenvalue weighted by molar-refractivity contribution is 5.94. The highest BCUT2D eigenvalue weighted by atomic mass is 19.1. The molecule has 1 N–H and O–H groups in total. The van der Waals surface area contributed by atoms with Gasteiger partial charge < -0.3 is 5.32 Å². The number of halogens is 1. The second kappa shape index (κ2) is 5.80. The molecule has 0 radical (unpaired) electrons. The smallest absolute Gasteiger partial charge is 0.254 e. The third kappa shape index (κ3) is 3.84. The van der Waals surface area contributed by atoms with Gasteiger partial charge >= 0.3 is 0 Å². The van der Waals surface area contributed by atoms with Crippen LogP contribution in [0.2, 0.25) is 0 Å². The lowest BCUT2D eigenvalue weighted by Crippen LogP contribution is -2.30. The van der Waals surface area contributed by atoms with Gasteiger partial charge in [0.25, 0.3) is 5.91 Å². The van der Waals surface area contributed by atoms with Crippen LogP contribution in [0, 0.1) is 24.6 Å². The lowest BCUT2D eigenvalue weighted by atomic mass is 9.98. The van der Waals surface area contributed by atoms with Crippen LogP contribution < -0.4 is 5.32 Å². The average Bonchev–Trinajstić information content (AvgIpc) is 2.28. The summed E-state index contributed by atoms with van der Waals surface area (Å²) in [5.74, 6) is 0.0773. The van der Waals surface area contributed by atoms with E-state index in [4.69, 9.17) is 0 Å². The Morgan fingerprint density at radius 2 is 2.00 bits per heavy atom. The van der Waals surface area contributed by atoms with Crippen LogP contribution in [-0.4, -0.2) is 12.5 Å². The molecule has 0 heterocycles. The molecule has 1 aromatic rings. The van der Waals surface area contributed by atoms with Crippen molar-refractivity contribution in [3.8, 4) is 0 Å². The van der Waals surface area contributed by atoms with E-state index in [0.29, 0.717) is 18.4 Å². The van der Waals surface area contributed by atoms with Gasteiger partial charge in [0.15, 0.2) is 0 Å². The van der Waals surface area contributed by atoms with Gasteiger partial charge in [0.2, 0.25) is 0 Å². The number of amides is 1. The molecule has 94 valence electrons. The van der Waals surface area contributed by atoms with Gasteiger partial charge in [-0.2, -0.15) is 0 Å². The molecule has 0 aliphatic carbocycles. The van der Waals surface area contributed by atoms with Crippen molar-refractivity contribution in [3.63, 3.8) is 0 Å². The Kier molecular flexibility index (Phi) is 4.67. The van der Waals surface area contributed by atoms with Crippen molar-refractivity contribution in [2.45, 2.75) is 27.7 Å². The number of carbonyl (C=O) groups excluding carboxylic acids is 1. The summed E-state index contributed by atoms with van der Waals surface area (Å²) in [6.07, 6.45) is 0. The molecule has 1 aromatic carbocycles. The molecule has 1 amide bonds. The molecule has 1 unspecified atom stereocenters. The van der Waals surface area contributed by atoms with Crippen molar-refractivity contribution in [2.75, 3.05) is 6.54 Å². The highest BCUT2D eigenvalue weighted by Crippen LogP contribution is 2.11. The zero-order valence-corrected chi connectivity index (χ0v) is 10.9. The van der Waals surface area contributed by atoms with Crippen molar-refractivity contribution in [1.82, 2.24) is 5.32 Å². The predicted molar refractivity (Wildman–Crippen MR) is 67.5 cm³/mol. The molecule has 0 fully saturated rings. The largest absolute Gasteiger partial charge is 0.352 e. The van der Waals surface area contributed by atoms with E-state index in [1.54, 1.807) is 12.1 Å². The molecule has 0 saturated heterocycles. The highest BCUT2D eigenvalue weighted by Gasteiger charge is 2.13. The first kappa shape index (κ1) is 13.7. The summed E-state index contributed by atoms with van der Waals surface area (Å²) in [5, 5.41) is 2.77. The monoisotopic (exact) mass is 237 g/mol. The van der Waals surface area contributed by atoms with Crippen molar-refractivity contribution in [3.05, 3.63) is 35.1 Å². The molecule has 0 saturated carbocycles. The van der Waals surface area contributed by atoms with Crippen LogP contribution in [0.4, 0.5) is 4.39 Å². The Morgan fingerprint density at radius 3 is 2.59 bits per heavy atom. The first-order valence-electron chi connectivity index (χ1n) is 5.96. The Balaban J connectivity index is 2.67. The summed E-state index contributed by atoms with van der Waals surface area (Å²) in [6.45, 7) is 8.68. The van der Waals surface area contributed by atoms with E-state index in [9.17, 15) is 9.18 Å². The van der Waals surface area contributed by atoms with Gasteiger partial charge in [-0.25, -0.2) is 4.39 Å². The Hall–Kier alpha value is -1.38. The third-order valence-electron chi connectivity index (χ3n) is 3.09. The lowest BCUT2D eigenvalue weighted by Gasteiger charge is -2.16. The van der Waals surface area contributed by atoms with Crippen LogP contribution in [0.25, 0.3) is 0 Å². The van der Waals surface area contributed by atoms with E-state index < -0.39 is 5.82 Å². The summed E-state index contributed by atoms with van der Waals surface area (Å²) in [5.41, 5.74) is 1.01. The van der Waals surface area contributed by atoms with Crippen LogP contribution in [-0.2, 0) is 0 Å². The minimum absolute atomic E-state index is 0.126. The zero-order valence-electron chi connectivity index (χ0n) is 10.9. The van der Waals surface area contributed by atoms with Crippen molar-refractivity contribution in [1.29, 1.82) is 0 Å². The summed E-state index contributed by atoms with van der Waals surface area (Å²) in [7, 11) is 0. The fraction of sp³-hybridized carbons (Fsp3) is 0.500. The van der Waals surface area contributed by atoms with Gasteiger partial charge in [0, 0.05) is 6.54 Å². The molecule has 17 heavy (non-hydrogen) atoms. The van der Waals surface area contributed by atoms with E-state index in [-0.39, 0.29) is 11.5 Å². The molecule has 1 rings (SSSR count). The van der Waals surface area contributed by atoms with E-state index in [2.05, 4.69) is 26.1 Å². The first-order valence-corrected chi connectivity index (χ1v) is 5.96.